The topological polar surface area (TPSA) is 108 Å². The van der Waals surface area contributed by atoms with Crippen molar-refractivity contribution in [2.24, 2.45) is 4.99 Å². The number of amidine groups is 1. The van der Waals surface area contributed by atoms with Gasteiger partial charge in [0.2, 0.25) is 0 Å². The van der Waals surface area contributed by atoms with E-state index in [1.54, 1.807) is 36.0 Å². The van der Waals surface area contributed by atoms with Crippen LogP contribution in [0.15, 0.2) is 78.0 Å². The van der Waals surface area contributed by atoms with Crippen LogP contribution in [0.1, 0.15) is 36.0 Å². The largest absolute Gasteiger partial charge is 0.573 e. The van der Waals surface area contributed by atoms with Crippen LogP contribution in [0, 0.1) is 25.2 Å². The number of alkyl halides is 3. The smallest absolute Gasteiger partial charge is 0.406 e. The molecule has 2 atom stereocenters. The maximum Gasteiger partial charge on any atom is 0.573 e. The second kappa shape index (κ2) is 13.4. The molecule has 2 unspecified atom stereocenters. The van der Waals surface area contributed by atoms with Crippen LogP contribution in [0.3, 0.4) is 0 Å². The molecule has 13 heteroatoms. The fourth-order valence-corrected chi connectivity index (χ4v) is 6.23. The third-order valence-electron chi connectivity index (χ3n) is 7.30. The molecule has 0 bridgehead atoms. The lowest BCUT2D eigenvalue weighted by molar-refractivity contribution is -0.274. The molecule has 1 aromatic heterocycles. The molecule has 1 fully saturated rings. The molecule has 1 aliphatic heterocycles. The predicted molar refractivity (Wildman–Crippen MR) is 168 cm³/mol. The van der Waals surface area contributed by atoms with Gasteiger partial charge in [-0.3, -0.25) is 0 Å². The monoisotopic (exact) mass is 633 g/mol. The zero-order valence-corrected chi connectivity index (χ0v) is 25.6. The van der Waals surface area contributed by atoms with Crippen molar-refractivity contribution in [1.29, 1.82) is 5.26 Å². The van der Waals surface area contributed by atoms with E-state index in [1.807, 2.05) is 6.07 Å². The molecule has 0 spiro atoms. The van der Waals surface area contributed by atoms with Crippen molar-refractivity contribution in [3.05, 3.63) is 89.7 Å². The maximum atomic E-state index is 12.9. The summed E-state index contributed by atoms with van der Waals surface area (Å²) < 4.78 is 42.6. The highest BCUT2D eigenvalue weighted by Gasteiger charge is 2.31. The lowest BCUT2D eigenvalue weighted by Crippen LogP contribution is -2.43. The van der Waals surface area contributed by atoms with Crippen LogP contribution >= 0.6 is 11.8 Å². The zero-order chi connectivity index (χ0) is 32.1. The fourth-order valence-electron chi connectivity index (χ4n) is 5.03. The summed E-state index contributed by atoms with van der Waals surface area (Å²) in [5.74, 6) is 0.305. The Labute approximate surface area is 262 Å². The lowest BCUT2D eigenvalue weighted by atomic mass is 9.99. The second-order valence-corrected chi connectivity index (χ2v) is 11.6. The van der Waals surface area contributed by atoms with E-state index in [1.165, 1.54) is 35.3 Å². The maximum absolute atomic E-state index is 12.9. The number of hydrogen-bond donors (Lipinski definition) is 1. The molecule has 1 aliphatic rings. The van der Waals surface area contributed by atoms with Gasteiger partial charge in [-0.1, -0.05) is 54.2 Å². The summed E-state index contributed by atoms with van der Waals surface area (Å²) in [7, 11) is 0. The first-order chi connectivity index (χ1) is 21.5. The highest BCUT2D eigenvalue weighted by Crippen LogP contribution is 2.34. The Kier molecular flexibility index (Phi) is 9.43. The van der Waals surface area contributed by atoms with Gasteiger partial charge >= 0.3 is 12.4 Å². The fraction of sp³-hybridized carbons (Fsp3) is 0.281. The van der Waals surface area contributed by atoms with Gasteiger partial charge in [0, 0.05) is 29.6 Å². The molecule has 232 valence electrons. The first kappa shape index (κ1) is 31.6. The Morgan fingerprint density at radius 3 is 2.47 bits per heavy atom. The number of nitrogens with one attached hydrogen (secondary N) is 1. The van der Waals surface area contributed by atoms with Gasteiger partial charge in [0.1, 0.15) is 12.1 Å². The van der Waals surface area contributed by atoms with Crippen molar-refractivity contribution < 1.29 is 22.7 Å². The van der Waals surface area contributed by atoms with Gasteiger partial charge in [0.15, 0.2) is 11.0 Å². The van der Waals surface area contributed by atoms with E-state index >= 15 is 0 Å². The Morgan fingerprint density at radius 2 is 1.82 bits per heavy atom. The molecule has 0 aliphatic carbocycles. The summed E-state index contributed by atoms with van der Waals surface area (Å²) in [6.07, 6.45) is -2.35. The van der Waals surface area contributed by atoms with Gasteiger partial charge in [-0.15, -0.1) is 18.3 Å². The molecule has 5 rings (SSSR count). The number of thioether (sulfide) groups is 1. The van der Waals surface area contributed by atoms with Crippen LogP contribution in [0.25, 0.3) is 17.1 Å². The Hall–Kier alpha value is -4.83. The number of benzene rings is 3. The average molecular weight is 634 g/mol. The van der Waals surface area contributed by atoms with Gasteiger partial charge in [-0.05, 0) is 68.1 Å². The van der Waals surface area contributed by atoms with Crippen molar-refractivity contribution in [2.45, 2.75) is 45.5 Å². The standard InChI is InChI=1S/C32H30F3N7O2S/c1-20-5-4-6-21(2)28(20)42-22(3)15-16-45-31(42)39-30(43)37-18-25(17-36)23-7-9-24(10-8-23)29-38-19-41(40-29)26-11-13-27(14-12-26)44-32(33,34)35/h4-14,19,22,25H,15-16,18H2,1-3H3,(H,37,43). The zero-order valence-electron chi connectivity index (χ0n) is 24.7. The number of nitriles is 1. The SMILES string of the molecule is Cc1cccc(C)c1N1C(=NC(=O)NCC(C#N)c2ccc(-c3ncn(-c4ccc(OC(F)(F)F)cc4)n3)cc2)SCCC1C. The number of carbonyl (C=O) groups excluding carboxylic acids is 1. The number of hydrogen-bond acceptors (Lipinski definition) is 6. The van der Waals surface area contributed by atoms with E-state index < -0.39 is 18.3 Å². The first-order valence-corrected chi connectivity index (χ1v) is 15.1. The highest BCUT2D eigenvalue weighted by molar-refractivity contribution is 8.14. The minimum atomic E-state index is -4.77. The first-order valence-electron chi connectivity index (χ1n) is 14.1. The number of para-hydroxylation sites is 1. The number of amides is 2. The van der Waals surface area contributed by atoms with E-state index in [2.05, 4.69) is 69.0 Å². The summed E-state index contributed by atoms with van der Waals surface area (Å²) in [6, 6.07) is 20.4. The molecule has 45 heavy (non-hydrogen) atoms. The molecule has 9 nitrogen and oxygen atoms in total. The highest BCUT2D eigenvalue weighted by atomic mass is 32.2. The molecule has 1 N–H and O–H groups in total. The van der Waals surface area contributed by atoms with Crippen molar-refractivity contribution >= 4 is 28.6 Å². The minimum Gasteiger partial charge on any atom is -0.406 e. The van der Waals surface area contributed by atoms with Crippen LogP contribution in [-0.4, -0.2) is 50.7 Å². The molecule has 2 amide bonds. The van der Waals surface area contributed by atoms with E-state index in [4.69, 9.17) is 0 Å². The quantitative estimate of drug-likeness (QED) is 0.230. The summed E-state index contributed by atoms with van der Waals surface area (Å²) in [4.78, 5) is 23.8. The number of carbonyl (C=O) groups is 1. The van der Waals surface area contributed by atoms with Crippen molar-refractivity contribution in [1.82, 2.24) is 20.1 Å². The van der Waals surface area contributed by atoms with E-state index in [0.29, 0.717) is 27.8 Å². The number of aromatic nitrogens is 3. The van der Waals surface area contributed by atoms with Gasteiger partial charge in [0.25, 0.3) is 0 Å². The van der Waals surface area contributed by atoms with Crippen LogP contribution in [-0.2, 0) is 0 Å². The van der Waals surface area contributed by atoms with Crippen LogP contribution in [0.5, 0.6) is 5.75 Å². The summed E-state index contributed by atoms with van der Waals surface area (Å²) >= 11 is 1.54. The third kappa shape index (κ3) is 7.64. The van der Waals surface area contributed by atoms with Gasteiger partial charge in [0.05, 0.1) is 17.7 Å². The van der Waals surface area contributed by atoms with Crippen molar-refractivity contribution in [3.63, 3.8) is 0 Å². The van der Waals surface area contributed by atoms with Gasteiger partial charge in [-0.25, -0.2) is 14.5 Å². The number of nitrogens with zero attached hydrogens (tertiary/aromatic N) is 6. The molecular weight excluding hydrogens is 603 g/mol. The minimum absolute atomic E-state index is 0.0794. The molecule has 3 aromatic carbocycles. The van der Waals surface area contributed by atoms with Crippen LogP contribution in [0.4, 0.5) is 23.7 Å². The number of urea groups is 1. The lowest BCUT2D eigenvalue weighted by Gasteiger charge is -2.37. The Balaban J connectivity index is 1.23. The number of aliphatic imine (C=N–C) groups is 1. The second-order valence-electron chi connectivity index (χ2n) is 10.5. The van der Waals surface area contributed by atoms with Gasteiger partial charge < -0.3 is 15.0 Å². The van der Waals surface area contributed by atoms with Crippen LogP contribution < -0.4 is 15.0 Å². The number of anilines is 1. The van der Waals surface area contributed by atoms with Gasteiger partial charge in [-0.2, -0.15) is 10.3 Å². The Bertz CT molecular complexity index is 1710. The average Bonchev–Trinajstić information content (AvgIpc) is 3.49. The third-order valence-corrected chi connectivity index (χ3v) is 8.29. The number of ether oxygens (including phenoxy) is 1. The predicted octanol–water partition coefficient (Wildman–Crippen LogP) is 7.15. The van der Waals surface area contributed by atoms with E-state index in [0.717, 1.165) is 29.0 Å². The number of halogens is 3. The molecule has 0 radical (unpaired) electrons. The normalized spacial score (nSPS) is 16.7. The summed E-state index contributed by atoms with van der Waals surface area (Å²) in [5.41, 5.74) is 5.17. The van der Waals surface area contributed by atoms with E-state index in [-0.39, 0.29) is 18.3 Å². The van der Waals surface area contributed by atoms with E-state index in [9.17, 15) is 23.2 Å². The number of aryl methyl sites for hydroxylation is 2. The van der Waals surface area contributed by atoms with Crippen molar-refractivity contribution in [2.75, 3.05) is 17.2 Å². The molecule has 0 saturated carbocycles. The summed E-state index contributed by atoms with van der Waals surface area (Å²) in [6.45, 7) is 6.31. The molecule has 4 aromatic rings. The molecule has 1 saturated heterocycles. The van der Waals surface area contributed by atoms with Crippen LogP contribution in [0.2, 0.25) is 0 Å². The molecule has 2 heterocycles. The Morgan fingerprint density at radius 1 is 1.13 bits per heavy atom. The number of rotatable bonds is 7. The van der Waals surface area contributed by atoms with Crippen molar-refractivity contribution in [3.8, 4) is 28.9 Å². The summed E-state index contributed by atoms with van der Waals surface area (Å²) in [5, 5.41) is 17.7. The molecular formula is C32H30F3N7O2S.